The Kier molecular flexibility index (Phi) is 6.97. The van der Waals surface area contributed by atoms with Gasteiger partial charge in [-0.15, -0.1) is 0 Å². The molecule has 174 valence electrons. The van der Waals surface area contributed by atoms with Crippen LogP contribution in [0.4, 0.5) is 0 Å². The van der Waals surface area contributed by atoms with Crippen molar-refractivity contribution in [2.75, 3.05) is 32.7 Å². The van der Waals surface area contributed by atoms with Crippen LogP contribution in [-0.2, 0) is 13.0 Å². The lowest BCUT2D eigenvalue weighted by atomic mass is 9.85. The van der Waals surface area contributed by atoms with Crippen molar-refractivity contribution in [3.05, 3.63) is 56.1 Å². The fourth-order valence-corrected chi connectivity index (χ4v) is 5.25. The fraction of sp³-hybridized carbons (Fsp3) is 0.538. The Morgan fingerprint density at radius 1 is 0.969 bits per heavy atom. The third-order valence-corrected chi connectivity index (χ3v) is 8.14. The number of phenols is 1. The first-order valence-electron chi connectivity index (χ1n) is 11.6. The van der Waals surface area contributed by atoms with Gasteiger partial charge in [-0.3, -0.25) is 4.90 Å². The summed E-state index contributed by atoms with van der Waals surface area (Å²) in [6, 6.07) is 5.91. The molecule has 0 saturated carbocycles. The third kappa shape index (κ3) is 4.89. The second-order valence-electron chi connectivity index (χ2n) is 9.70. The Hall–Kier alpha value is -1.46. The number of ether oxygens (including phenoxy) is 1. The van der Waals surface area contributed by atoms with E-state index < -0.39 is 0 Å². The second kappa shape index (κ2) is 9.42. The molecule has 1 fully saturated rings. The monoisotopic (exact) mass is 476 g/mol. The molecule has 1 unspecified atom stereocenters. The number of piperazine rings is 1. The zero-order valence-corrected chi connectivity index (χ0v) is 21.1. The first kappa shape index (κ1) is 23.7. The van der Waals surface area contributed by atoms with E-state index in [0.717, 1.165) is 81.0 Å². The Balaban J connectivity index is 1.31. The number of aromatic hydroxyl groups is 1. The summed E-state index contributed by atoms with van der Waals surface area (Å²) in [5.41, 5.74) is 5.21. The molecule has 0 bridgehead atoms. The van der Waals surface area contributed by atoms with Gasteiger partial charge in [-0.25, -0.2) is 0 Å². The van der Waals surface area contributed by atoms with Crippen molar-refractivity contribution in [2.24, 2.45) is 0 Å². The van der Waals surface area contributed by atoms with Crippen LogP contribution < -0.4 is 4.74 Å². The zero-order valence-electron chi connectivity index (χ0n) is 19.6. The van der Waals surface area contributed by atoms with Crippen LogP contribution in [-0.4, -0.2) is 53.2 Å². The highest BCUT2D eigenvalue weighted by Crippen LogP contribution is 2.44. The lowest BCUT2D eigenvalue weighted by molar-refractivity contribution is 0.0351. The van der Waals surface area contributed by atoms with Gasteiger partial charge in [0, 0.05) is 44.8 Å². The summed E-state index contributed by atoms with van der Waals surface area (Å²) < 4.78 is 6.61. The van der Waals surface area contributed by atoms with E-state index in [1.165, 1.54) is 11.1 Å². The van der Waals surface area contributed by atoms with E-state index in [1.807, 2.05) is 26.0 Å². The number of halogens is 2. The summed E-state index contributed by atoms with van der Waals surface area (Å²) in [5, 5.41) is 11.6. The molecule has 0 amide bonds. The smallest absolute Gasteiger partial charge is 0.127 e. The van der Waals surface area contributed by atoms with Gasteiger partial charge in [0.15, 0.2) is 0 Å². The molecule has 4 nitrogen and oxygen atoms in total. The van der Waals surface area contributed by atoms with Crippen molar-refractivity contribution >= 4 is 23.2 Å². The Bertz CT molecular complexity index is 1000. The van der Waals surface area contributed by atoms with Crippen molar-refractivity contribution in [3.63, 3.8) is 0 Å². The van der Waals surface area contributed by atoms with E-state index in [0.29, 0.717) is 15.8 Å². The molecular weight excluding hydrogens is 443 g/mol. The van der Waals surface area contributed by atoms with Crippen molar-refractivity contribution < 1.29 is 9.84 Å². The van der Waals surface area contributed by atoms with Crippen molar-refractivity contribution in [1.29, 1.82) is 0 Å². The average Bonchev–Trinajstić information content (AvgIpc) is 2.78. The van der Waals surface area contributed by atoms with Gasteiger partial charge in [-0.05, 0) is 81.3 Å². The predicted molar refractivity (Wildman–Crippen MR) is 132 cm³/mol. The van der Waals surface area contributed by atoms with E-state index in [4.69, 9.17) is 27.9 Å². The number of hydrogen-bond acceptors (Lipinski definition) is 4. The zero-order chi connectivity index (χ0) is 23.0. The first-order valence-corrected chi connectivity index (χ1v) is 12.3. The van der Waals surface area contributed by atoms with Crippen molar-refractivity contribution in [2.45, 2.75) is 59.1 Å². The summed E-state index contributed by atoms with van der Waals surface area (Å²) in [7, 11) is 0. The maximum absolute atomic E-state index is 10.4. The quantitative estimate of drug-likeness (QED) is 0.580. The van der Waals surface area contributed by atoms with E-state index in [-0.39, 0.29) is 5.60 Å². The number of hydrogen-bond donors (Lipinski definition) is 1. The van der Waals surface area contributed by atoms with Gasteiger partial charge in [0.2, 0.25) is 0 Å². The van der Waals surface area contributed by atoms with Gasteiger partial charge in [0.1, 0.15) is 17.1 Å². The lowest BCUT2D eigenvalue weighted by Crippen LogP contribution is -2.48. The van der Waals surface area contributed by atoms with Crippen LogP contribution in [0.2, 0.25) is 10.0 Å². The molecule has 0 spiro atoms. The van der Waals surface area contributed by atoms with Gasteiger partial charge >= 0.3 is 0 Å². The van der Waals surface area contributed by atoms with Crippen LogP contribution in [0.1, 0.15) is 47.6 Å². The van der Waals surface area contributed by atoms with Gasteiger partial charge in [0.05, 0.1) is 10.0 Å². The minimum Gasteiger partial charge on any atom is -0.507 e. The molecule has 2 aromatic carbocycles. The second-order valence-corrected chi connectivity index (χ2v) is 10.5. The molecule has 0 aliphatic carbocycles. The van der Waals surface area contributed by atoms with Crippen LogP contribution in [0.5, 0.6) is 11.5 Å². The Morgan fingerprint density at radius 3 is 2.34 bits per heavy atom. The van der Waals surface area contributed by atoms with Crippen LogP contribution in [0.15, 0.2) is 18.2 Å². The molecule has 4 rings (SSSR count). The maximum atomic E-state index is 10.4. The molecule has 6 heteroatoms. The molecule has 1 saturated heterocycles. The average molecular weight is 477 g/mol. The Labute approximate surface area is 202 Å². The molecule has 0 radical (unpaired) electrons. The number of rotatable bonds is 5. The molecule has 1 N–H and O–H groups in total. The molecule has 1 atom stereocenters. The SMILES string of the molecule is Cc1c(C)c2c(c(C)c1O)CCC(C)(CCN1CCN(Cc3ccc(Cl)c(Cl)c3)CC1)O2. The number of nitrogens with zero attached hydrogens (tertiary/aromatic N) is 2. The van der Waals surface area contributed by atoms with Gasteiger partial charge in [0.25, 0.3) is 0 Å². The van der Waals surface area contributed by atoms with Crippen LogP contribution in [0, 0.1) is 20.8 Å². The molecule has 32 heavy (non-hydrogen) atoms. The third-order valence-electron chi connectivity index (χ3n) is 7.40. The molecular formula is C26H34Cl2N2O2. The standard InChI is InChI=1S/C26H34Cl2N2O2/c1-17-18(2)25-21(19(3)24(17)31)7-8-26(4,32-25)9-10-29-11-13-30(14-12-29)16-20-5-6-22(27)23(28)15-20/h5-6,15,31H,7-14,16H2,1-4H3. The highest BCUT2D eigenvalue weighted by atomic mass is 35.5. The summed E-state index contributed by atoms with van der Waals surface area (Å²) in [4.78, 5) is 5.03. The van der Waals surface area contributed by atoms with Gasteiger partial charge in [-0.1, -0.05) is 29.3 Å². The van der Waals surface area contributed by atoms with E-state index >= 15 is 0 Å². The van der Waals surface area contributed by atoms with Crippen LogP contribution in [0.25, 0.3) is 0 Å². The van der Waals surface area contributed by atoms with Crippen molar-refractivity contribution in [1.82, 2.24) is 9.80 Å². The van der Waals surface area contributed by atoms with Crippen LogP contribution >= 0.6 is 23.2 Å². The molecule has 2 aliphatic rings. The maximum Gasteiger partial charge on any atom is 0.127 e. The largest absolute Gasteiger partial charge is 0.507 e. The molecule has 2 heterocycles. The van der Waals surface area contributed by atoms with Gasteiger partial charge in [-0.2, -0.15) is 0 Å². The highest BCUT2D eigenvalue weighted by Gasteiger charge is 2.35. The Morgan fingerprint density at radius 2 is 1.66 bits per heavy atom. The molecule has 0 aromatic heterocycles. The minimum atomic E-state index is -0.162. The van der Waals surface area contributed by atoms with E-state index in [9.17, 15) is 5.11 Å². The normalized spacial score (nSPS) is 21.9. The summed E-state index contributed by atoms with van der Waals surface area (Å²) >= 11 is 12.2. The van der Waals surface area contributed by atoms with Gasteiger partial charge < -0.3 is 14.7 Å². The highest BCUT2D eigenvalue weighted by molar-refractivity contribution is 6.42. The summed E-state index contributed by atoms with van der Waals surface area (Å²) in [5.74, 6) is 1.42. The molecule has 2 aromatic rings. The summed E-state index contributed by atoms with van der Waals surface area (Å²) in [6.07, 6.45) is 2.96. The fourth-order valence-electron chi connectivity index (χ4n) is 4.93. The number of benzene rings is 2. The topological polar surface area (TPSA) is 35.9 Å². The van der Waals surface area contributed by atoms with Crippen LogP contribution in [0.3, 0.4) is 0 Å². The number of phenolic OH excluding ortho intramolecular Hbond substituents is 1. The van der Waals surface area contributed by atoms with E-state index in [2.05, 4.69) is 29.7 Å². The first-order chi connectivity index (χ1) is 15.2. The van der Waals surface area contributed by atoms with E-state index in [1.54, 1.807) is 0 Å². The van der Waals surface area contributed by atoms with Crippen molar-refractivity contribution in [3.8, 4) is 11.5 Å². The predicted octanol–water partition coefficient (Wildman–Crippen LogP) is 5.92. The number of fused-ring (bicyclic) bond motifs is 1. The summed E-state index contributed by atoms with van der Waals surface area (Å²) in [6.45, 7) is 14.5. The lowest BCUT2D eigenvalue weighted by Gasteiger charge is -2.40. The molecule has 2 aliphatic heterocycles. The minimum absolute atomic E-state index is 0.162.